The molecule has 2 aromatic rings. The highest BCUT2D eigenvalue weighted by Crippen LogP contribution is 2.16. The van der Waals surface area contributed by atoms with E-state index in [1.54, 1.807) is 12.1 Å². The molecule has 1 aromatic heterocycles. The van der Waals surface area contributed by atoms with Crippen LogP contribution in [-0.4, -0.2) is 29.9 Å². The van der Waals surface area contributed by atoms with Crippen LogP contribution in [0, 0.1) is 5.82 Å². The van der Waals surface area contributed by atoms with Crippen molar-refractivity contribution in [3.05, 3.63) is 59.5 Å². The molecule has 0 aliphatic heterocycles. The summed E-state index contributed by atoms with van der Waals surface area (Å²) in [6.07, 6.45) is 1.30. The summed E-state index contributed by atoms with van der Waals surface area (Å²) in [5.41, 5.74) is 0.807. The zero-order valence-electron chi connectivity index (χ0n) is 11.4. The fourth-order valence-corrected chi connectivity index (χ4v) is 2.82. The normalized spacial score (nSPS) is 11.8. The SMILES string of the molecule is CN(Cc1ccccc1F)S(=O)(=O)c1ccc(CO)cn1. The van der Waals surface area contributed by atoms with Gasteiger partial charge in [-0.1, -0.05) is 24.3 Å². The van der Waals surface area contributed by atoms with E-state index >= 15 is 0 Å². The van der Waals surface area contributed by atoms with Crippen LogP contribution < -0.4 is 0 Å². The van der Waals surface area contributed by atoms with E-state index in [1.807, 2.05) is 0 Å². The number of rotatable bonds is 5. The van der Waals surface area contributed by atoms with Crippen molar-refractivity contribution < 1.29 is 17.9 Å². The standard InChI is InChI=1S/C14H15FN2O3S/c1-17(9-12-4-2-3-5-13(12)15)21(19,20)14-7-6-11(10-18)8-16-14/h2-8,18H,9-10H2,1H3. The molecule has 0 atom stereocenters. The molecule has 112 valence electrons. The van der Waals surface area contributed by atoms with Crippen molar-refractivity contribution in [2.45, 2.75) is 18.2 Å². The molecule has 1 N–H and O–H groups in total. The second-order valence-electron chi connectivity index (χ2n) is 4.52. The molecule has 0 unspecified atom stereocenters. The third-order valence-corrected chi connectivity index (χ3v) is 4.73. The lowest BCUT2D eigenvalue weighted by atomic mass is 10.2. The highest BCUT2D eigenvalue weighted by molar-refractivity contribution is 7.89. The van der Waals surface area contributed by atoms with Gasteiger partial charge in [-0.05, 0) is 17.7 Å². The molecule has 21 heavy (non-hydrogen) atoms. The maximum atomic E-state index is 13.6. The smallest absolute Gasteiger partial charge is 0.260 e. The summed E-state index contributed by atoms with van der Waals surface area (Å²) >= 11 is 0. The molecule has 5 nitrogen and oxygen atoms in total. The Labute approximate surface area is 122 Å². The van der Waals surface area contributed by atoms with Gasteiger partial charge in [0.1, 0.15) is 5.82 Å². The van der Waals surface area contributed by atoms with Crippen molar-refractivity contribution in [3.63, 3.8) is 0 Å². The summed E-state index contributed by atoms with van der Waals surface area (Å²) in [5, 5.41) is 8.78. The molecule has 0 bridgehead atoms. The van der Waals surface area contributed by atoms with Crippen LogP contribution in [0.5, 0.6) is 0 Å². The first-order chi connectivity index (χ1) is 9.95. The monoisotopic (exact) mass is 310 g/mol. The van der Waals surface area contributed by atoms with Gasteiger partial charge in [-0.15, -0.1) is 0 Å². The molecular weight excluding hydrogens is 295 g/mol. The molecule has 0 saturated carbocycles. The first-order valence-electron chi connectivity index (χ1n) is 6.20. The van der Waals surface area contributed by atoms with Gasteiger partial charge in [-0.3, -0.25) is 0 Å². The van der Waals surface area contributed by atoms with Crippen LogP contribution >= 0.6 is 0 Å². The summed E-state index contributed by atoms with van der Waals surface area (Å²) < 4.78 is 39.3. The Morgan fingerprint density at radius 1 is 1.24 bits per heavy atom. The van der Waals surface area contributed by atoms with Crippen LogP contribution in [-0.2, 0) is 23.2 Å². The van der Waals surface area contributed by atoms with E-state index in [1.165, 1.54) is 37.5 Å². The molecule has 7 heteroatoms. The summed E-state index contributed by atoms with van der Waals surface area (Å²) in [4.78, 5) is 3.82. The predicted molar refractivity (Wildman–Crippen MR) is 75.2 cm³/mol. The lowest BCUT2D eigenvalue weighted by Crippen LogP contribution is -2.27. The molecule has 0 aliphatic carbocycles. The van der Waals surface area contributed by atoms with Gasteiger partial charge in [0, 0.05) is 25.4 Å². The molecule has 0 amide bonds. The van der Waals surface area contributed by atoms with Gasteiger partial charge in [-0.2, -0.15) is 4.31 Å². The second-order valence-corrected chi connectivity index (χ2v) is 6.51. The van der Waals surface area contributed by atoms with Crippen LogP contribution in [0.3, 0.4) is 0 Å². The first kappa shape index (κ1) is 15.6. The molecule has 1 heterocycles. The second kappa shape index (κ2) is 6.30. The van der Waals surface area contributed by atoms with Crippen LogP contribution in [0.2, 0.25) is 0 Å². The molecule has 0 spiro atoms. The lowest BCUT2D eigenvalue weighted by molar-refractivity contribution is 0.281. The minimum atomic E-state index is -3.80. The van der Waals surface area contributed by atoms with Crippen molar-refractivity contribution >= 4 is 10.0 Å². The number of pyridine rings is 1. The van der Waals surface area contributed by atoms with Crippen molar-refractivity contribution in [3.8, 4) is 0 Å². The van der Waals surface area contributed by atoms with E-state index in [0.29, 0.717) is 5.56 Å². The number of aliphatic hydroxyl groups excluding tert-OH is 1. The average molecular weight is 310 g/mol. The Bertz CT molecular complexity index is 717. The summed E-state index contributed by atoms with van der Waals surface area (Å²) in [7, 11) is -2.44. The maximum absolute atomic E-state index is 13.6. The molecular formula is C14H15FN2O3S. The van der Waals surface area contributed by atoms with Gasteiger partial charge in [0.15, 0.2) is 5.03 Å². The van der Waals surface area contributed by atoms with Crippen LogP contribution in [0.25, 0.3) is 0 Å². The van der Waals surface area contributed by atoms with Crippen LogP contribution in [0.1, 0.15) is 11.1 Å². The number of hydrogen-bond donors (Lipinski definition) is 1. The lowest BCUT2D eigenvalue weighted by Gasteiger charge is -2.17. The van der Waals surface area contributed by atoms with E-state index in [-0.39, 0.29) is 23.7 Å². The third kappa shape index (κ3) is 3.44. The van der Waals surface area contributed by atoms with Crippen LogP contribution in [0.15, 0.2) is 47.6 Å². The van der Waals surface area contributed by atoms with E-state index in [9.17, 15) is 12.8 Å². The highest BCUT2D eigenvalue weighted by Gasteiger charge is 2.23. The summed E-state index contributed by atoms with van der Waals surface area (Å²) in [6, 6.07) is 8.80. The van der Waals surface area contributed by atoms with Gasteiger partial charge in [0.2, 0.25) is 0 Å². The molecule has 0 aliphatic rings. The highest BCUT2D eigenvalue weighted by atomic mass is 32.2. The third-order valence-electron chi connectivity index (χ3n) is 3.01. The van der Waals surface area contributed by atoms with E-state index in [4.69, 9.17) is 5.11 Å². The number of nitrogens with zero attached hydrogens (tertiary/aromatic N) is 2. The Morgan fingerprint density at radius 3 is 2.52 bits per heavy atom. The molecule has 0 radical (unpaired) electrons. The largest absolute Gasteiger partial charge is 0.392 e. The van der Waals surface area contributed by atoms with E-state index < -0.39 is 15.8 Å². The van der Waals surface area contributed by atoms with Crippen molar-refractivity contribution in [1.29, 1.82) is 0 Å². The topological polar surface area (TPSA) is 70.5 Å². The maximum Gasteiger partial charge on any atom is 0.260 e. The zero-order valence-corrected chi connectivity index (χ0v) is 12.2. The first-order valence-corrected chi connectivity index (χ1v) is 7.64. The van der Waals surface area contributed by atoms with Gasteiger partial charge >= 0.3 is 0 Å². The fraction of sp³-hybridized carbons (Fsp3) is 0.214. The zero-order chi connectivity index (χ0) is 15.5. The van der Waals surface area contributed by atoms with Crippen molar-refractivity contribution in [2.24, 2.45) is 0 Å². The Balaban J connectivity index is 2.24. The fourth-order valence-electron chi connectivity index (χ4n) is 1.77. The number of benzene rings is 1. The number of sulfonamides is 1. The summed E-state index contributed by atoms with van der Waals surface area (Å²) in [6.45, 7) is -0.295. The molecule has 0 fully saturated rings. The Morgan fingerprint density at radius 2 is 1.95 bits per heavy atom. The number of halogens is 1. The predicted octanol–water partition coefficient (Wildman–Crippen LogP) is 1.53. The quantitative estimate of drug-likeness (QED) is 0.909. The Kier molecular flexibility index (Phi) is 4.66. The van der Waals surface area contributed by atoms with Gasteiger partial charge < -0.3 is 5.11 Å². The minimum absolute atomic E-state index is 0.0849. The van der Waals surface area contributed by atoms with Crippen LogP contribution in [0.4, 0.5) is 4.39 Å². The number of aliphatic hydroxyl groups is 1. The van der Waals surface area contributed by atoms with E-state index in [0.717, 1.165) is 4.31 Å². The van der Waals surface area contributed by atoms with Crippen molar-refractivity contribution in [1.82, 2.24) is 9.29 Å². The van der Waals surface area contributed by atoms with Crippen molar-refractivity contribution in [2.75, 3.05) is 7.05 Å². The Hall–Kier alpha value is -1.83. The number of aromatic nitrogens is 1. The average Bonchev–Trinajstić information content (AvgIpc) is 2.49. The molecule has 2 rings (SSSR count). The van der Waals surface area contributed by atoms with Gasteiger partial charge in [0.05, 0.1) is 6.61 Å². The van der Waals surface area contributed by atoms with E-state index in [2.05, 4.69) is 4.98 Å². The molecule has 0 saturated heterocycles. The molecule has 1 aromatic carbocycles. The van der Waals surface area contributed by atoms with Gasteiger partial charge in [-0.25, -0.2) is 17.8 Å². The van der Waals surface area contributed by atoms with Gasteiger partial charge in [0.25, 0.3) is 10.0 Å². The minimum Gasteiger partial charge on any atom is -0.392 e. The summed E-state index contributed by atoms with van der Waals surface area (Å²) in [5.74, 6) is -0.455. The number of hydrogen-bond acceptors (Lipinski definition) is 4.